The molecule has 1 heterocycles. The summed E-state index contributed by atoms with van der Waals surface area (Å²) in [6.07, 6.45) is 1.51. The van der Waals surface area contributed by atoms with Crippen LogP contribution >= 0.6 is 15.9 Å². The standard InChI is InChI=1S/C17H16BrF2N3O2/c1-9(2)15(17(25)22-13-7-6-10(18)8-21-13)23-16(24)14-11(19)4-3-5-12(14)20/h3-9,15H,1-2H3,(H,23,24)(H,21,22,25). The third-order valence-electron chi connectivity index (χ3n) is 3.40. The lowest BCUT2D eigenvalue weighted by atomic mass is 10.0. The summed E-state index contributed by atoms with van der Waals surface area (Å²) in [6, 6.07) is 5.41. The Labute approximate surface area is 152 Å². The van der Waals surface area contributed by atoms with Crippen molar-refractivity contribution in [2.45, 2.75) is 19.9 Å². The Morgan fingerprint density at radius 1 is 1.12 bits per heavy atom. The molecule has 1 unspecified atom stereocenters. The fourth-order valence-corrected chi connectivity index (χ4v) is 2.35. The molecule has 5 nitrogen and oxygen atoms in total. The number of halogens is 3. The van der Waals surface area contributed by atoms with E-state index < -0.39 is 35.1 Å². The highest BCUT2D eigenvalue weighted by Crippen LogP contribution is 2.15. The van der Waals surface area contributed by atoms with Crippen LogP contribution in [0.5, 0.6) is 0 Å². The van der Waals surface area contributed by atoms with Gasteiger partial charge in [-0.15, -0.1) is 0 Å². The number of pyridine rings is 1. The number of aromatic nitrogens is 1. The lowest BCUT2D eigenvalue weighted by molar-refractivity contribution is -0.118. The average Bonchev–Trinajstić information content (AvgIpc) is 2.54. The Kier molecular flexibility index (Phi) is 6.19. The molecule has 0 aliphatic heterocycles. The van der Waals surface area contributed by atoms with Crippen molar-refractivity contribution in [3.05, 3.63) is 58.2 Å². The summed E-state index contributed by atoms with van der Waals surface area (Å²) in [5.41, 5.74) is -0.720. The van der Waals surface area contributed by atoms with Gasteiger partial charge in [0.05, 0.1) is 0 Å². The van der Waals surface area contributed by atoms with Gasteiger partial charge in [-0.3, -0.25) is 9.59 Å². The zero-order valence-corrected chi connectivity index (χ0v) is 15.1. The molecule has 0 saturated heterocycles. The summed E-state index contributed by atoms with van der Waals surface area (Å²) in [6.45, 7) is 3.41. The van der Waals surface area contributed by atoms with Crippen LogP contribution in [0, 0.1) is 17.6 Å². The highest BCUT2D eigenvalue weighted by molar-refractivity contribution is 9.10. The maximum Gasteiger partial charge on any atom is 0.257 e. The molecule has 2 rings (SSSR count). The first-order valence-electron chi connectivity index (χ1n) is 7.47. The lowest BCUT2D eigenvalue weighted by Crippen LogP contribution is -2.47. The van der Waals surface area contributed by atoms with Crippen LogP contribution in [0.15, 0.2) is 41.0 Å². The van der Waals surface area contributed by atoms with Crippen LogP contribution in [0.3, 0.4) is 0 Å². The van der Waals surface area contributed by atoms with Crippen molar-refractivity contribution in [2.24, 2.45) is 5.92 Å². The van der Waals surface area contributed by atoms with Gasteiger partial charge in [-0.2, -0.15) is 0 Å². The molecular formula is C17H16BrF2N3O2. The van der Waals surface area contributed by atoms with Crippen molar-refractivity contribution >= 4 is 33.6 Å². The molecule has 1 aromatic heterocycles. The second-order valence-electron chi connectivity index (χ2n) is 5.64. The van der Waals surface area contributed by atoms with Gasteiger partial charge in [-0.05, 0) is 46.1 Å². The van der Waals surface area contributed by atoms with Gasteiger partial charge < -0.3 is 10.6 Å². The van der Waals surface area contributed by atoms with Gasteiger partial charge in [0.1, 0.15) is 29.1 Å². The first-order valence-corrected chi connectivity index (χ1v) is 8.26. The highest BCUT2D eigenvalue weighted by atomic mass is 79.9. The van der Waals surface area contributed by atoms with Gasteiger partial charge in [-0.25, -0.2) is 13.8 Å². The molecular weight excluding hydrogens is 396 g/mol. The SMILES string of the molecule is CC(C)C(NC(=O)c1c(F)cccc1F)C(=O)Nc1ccc(Br)cn1. The molecule has 0 aliphatic rings. The lowest BCUT2D eigenvalue weighted by Gasteiger charge is -2.21. The number of carbonyl (C=O) groups excluding carboxylic acids is 2. The molecule has 0 spiro atoms. The second-order valence-corrected chi connectivity index (χ2v) is 6.56. The molecule has 0 radical (unpaired) electrons. The van der Waals surface area contributed by atoms with E-state index >= 15 is 0 Å². The van der Waals surface area contributed by atoms with E-state index in [0.29, 0.717) is 5.82 Å². The molecule has 2 N–H and O–H groups in total. The van der Waals surface area contributed by atoms with Gasteiger partial charge in [0, 0.05) is 10.7 Å². The summed E-state index contributed by atoms with van der Waals surface area (Å²) in [5.74, 6) is -3.52. The third-order valence-corrected chi connectivity index (χ3v) is 3.87. The van der Waals surface area contributed by atoms with E-state index in [1.54, 1.807) is 26.0 Å². The first kappa shape index (κ1) is 19.0. The summed E-state index contributed by atoms with van der Waals surface area (Å²) >= 11 is 3.23. The van der Waals surface area contributed by atoms with E-state index in [4.69, 9.17) is 0 Å². The molecule has 8 heteroatoms. The van der Waals surface area contributed by atoms with Crippen LogP contribution in [0.25, 0.3) is 0 Å². The fourth-order valence-electron chi connectivity index (χ4n) is 2.12. The van der Waals surface area contributed by atoms with Crippen molar-refractivity contribution in [1.29, 1.82) is 0 Å². The van der Waals surface area contributed by atoms with E-state index in [9.17, 15) is 18.4 Å². The number of amides is 2. The summed E-state index contributed by atoms with van der Waals surface area (Å²) < 4.78 is 28.2. The molecule has 0 aliphatic carbocycles. The van der Waals surface area contributed by atoms with E-state index in [1.165, 1.54) is 6.20 Å². The quantitative estimate of drug-likeness (QED) is 0.790. The number of hydrogen-bond donors (Lipinski definition) is 2. The first-order chi connectivity index (χ1) is 11.8. The minimum absolute atomic E-state index is 0.296. The predicted molar refractivity (Wildman–Crippen MR) is 93.0 cm³/mol. The van der Waals surface area contributed by atoms with E-state index in [2.05, 4.69) is 31.5 Å². The minimum Gasteiger partial charge on any atom is -0.340 e. The number of rotatable bonds is 5. The number of nitrogens with zero attached hydrogens (tertiary/aromatic N) is 1. The number of hydrogen-bond acceptors (Lipinski definition) is 3. The van der Waals surface area contributed by atoms with Gasteiger partial charge in [-0.1, -0.05) is 19.9 Å². The molecule has 0 saturated carbocycles. The number of benzene rings is 1. The molecule has 1 aromatic carbocycles. The minimum atomic E-state index is -0.992. The Morgan fingerprint density at radius 2 is 1.76 bits per heavy atom. The molecule has 2 aromatic rings. The van der Waals surface area contributed by atoms with Gasteiger partial charge in [0.25, 0.3) is 5.91 Å². The molecule has 0 fully saturated rings. The molecule has 132 valence electrons. The Morgan fingerprint density at radius 3 is 2.28 bits per heavy atom. The maximum atomic E-state index is 13.7. The smallest absolute Gasteiger partial charge is 0.257 e. The van der Waals surface area contributed by atoms with Crippen LogP contribution in [0.1, 0.15) is 24.2 Å². The highest BCUT2D eigenvalue weighted by Gasteiger charge is 2.27. The molecule has 1 atom stereocenters. The summed E-state index contributed by atoms with van der Waals surface area (Å²) in [4.78, 5) is 28.6. The fraction of sp³-hybridized carbons (Fsp3) is 0.235. The largest absolute Gasteiger partial charge is 0.340 e. The normalized spacial score (nSPS) is 11.9. The molecule has 25 heavy (non-hydrogen) atoms. The van der Waals surface area contributed by atoms with Crippen molar-refractivity contribution in [3.63, 3.8) is 0 Å². The van der Waals surface area contributed by atoms with E-state index in [1.807, 2.05) is 0 Å². The Hall–Kier alpha value is -2.35. The zero-order chi connectivity index (χ0) is 18.6. The van der Waals surface area contributed by atoms with Gasteiger partial charge in [0.15, 0.2) is 0 Å². The van der Waals surface area contributed by atoms with Crippen LogP contribution in [0.4, 0.5) is 14.6 Å². The average molecular weight is 412 g/mol. The van der Waals surface area contributed by atoms with Crippen molar-refractivity contribution < 1.29 is 18.4 Å². The Bertz CT molecular complexity index is 762. The van der Waals surface area contributed by atoms with Crippen molar-refractivity contribution in [3.8, 4) is 0 Å². The number of anilines is 1. The van der Waals surface area contributed by atoms with Gasteiger partial charge >= 0.3 is 0 Å². The molecule has 2 amide bonds. The second kappa shape index (κ2) is 8.15. The van der Waals surface area contributed by atoms with E-state index in [0.717, 1.165) is 22.7 Å². The van der Waals surface area contributed by atoms with Crippen LogP contribution in [-0.2, 0) is 4.79 Å². The molecule has 0 bridgehead atoms. The van der Waals surface area contributed by atoms with Gasteiger partial charge in [0.2, 0.25) is 5.91 Å². The Balaban J connectivity index is 2.16. The van der Waals surface area contributed by atoms with Crippen molar-refractivity contribution in [2.75, 3.05) is 5.32 Å². The number of carbonyl (C=O) groups is 2. The zero-order valence-electron chi connectivity index (χ0n) is 13.5. The van der Waals surface area contributed by atoms with E-state index in [-0.39, 0.29) is 5.92 Å². The van der Waals surface area contributed by atoms with Crippen LogP contribution < -0.4 is 10.6 Å². The predicted octanol–water partition coefficient (Wildman–Crippen LogP) is 3.52. The summed E-state index contributed by atoms with van der Waals surface area (Å²) in [7, 11) is 0. The number of nitrogens with one attached hydrogen (secondary N) is 2. The van der Waals surface area contributed by atoms with Crippen LogP contribution in [-0.4, -0.2) is 22.8 Å². The van der Waals surface area contributed by atoms with Crippen molar-refractivity contribution in [1.82, 2.24) is 10.3 Å². The summed E-state index contributed by atoms with van der Waals surface area (Å²) in [5, 5.41) is 4.94. The topological polar surface area (TPSA) is 71.1 Å². The van der Waals surface area contributed by atoms with Crippen LogP contribution in [0.2, 0.25) is 0 Å². The monoisotopic (exact) mass is 411 g/mol. The third kappa shape index (κ3) is 4.82. The maximum absolute atomic E-state index is 13.7.